The summed E-state index contributed by atoms with van der Waals surface area (Å²) < 4.78 is 6.04. The number of furan rings is 1. The molecule has 2 heterocycles. The van der Waals surface area contributed by atoms with E-state index in [1.807, 2.05) is 12.1 Å². The second kappa shape index (κ2) is 7.28. The van der Waals surface area contributed by atoms with Gasteiger partial charge in [0.05, 0.1) is 12.5 Å². The molecule has 1 aliphatic heterocycles. The van der Waals surface area contributed by atoms with Gasteiger partial charge in [-0.15, -0.1) is 0 Å². The van der Waals surface area contributed by atoms with Crippen molar-refractivity contribution in [2.45, 2.75) is 46.1 Å². The quantitative estimate of drug-likeness (QED) is 0.857. The van der Waals surface area contributed by atoms with Crippen LogP contribution in [0.5, 0.6) is 0 Å². The SMILES string of the molecule is CC1CC(C(=O)O)CN(Cc2ccc(-c3ccc(C(C)(C)C)cc3)o2)C1. The molecule has 2 atom stereocenters. The lowest BCUT2D eigenvalue weighted by Crippen LogP contribution is -2.41. The van der Waals surface area contributed by atoms with Gasteiger partial charge in [-0.2, -0.15) is 0 Å². The minimum Gasteiger partial charge on any atom is -0.481 e. The fourth-order valence-corrected chi connectivity index (χ4v) is 3.74. The molecule has 0 saturated carbocycles. The van der Waals surface area contributed by atoms with E-state index in [9.17, 15) is 9.90 Å². The van der Waals surface area contributed by atoms with Crippen LogP contribution in [0.15, 0.2) is 40.8 Å². The summed E-state index contributed by atoms with van der Waals surface area (Å²) in [5.74, 6) is 1.17. The van der Waals surface area contributed by atoms with Crippen molar-refractivity contribution in [2.75, 3.05) is 13.1 Å². The maximum atomic E-state index is 11.3. The molecule has 3 rings (SSSR count). The highest BCUT2D eigenvalue weighted by molar-refractivity contribution is 5.70. The van der Waals surface area contributed by atoms with E-state index in [2.05, 4.69) is 56.9 Å². The van der Waals surface area contributed by atoms with Gasteiger partial charge in [0, 0.05) is 18.7 Å². The number of aliphatic carboxylic acids is 1. The molecule has 0 bridgehead atoms. The highest BCUT2D eigenvalue weighted by Crippen LogP contribution is 2.28. The highest BCUT2D eigenvalue weighted by Gasteiger charge is 2.29. The van der Waals surface area contributed by atoms with E-state index in [0.29, 0.717) is 19.0 Å². The van der Waals surface area contributed by atoms with Crippen LogP contribution in [-0.2, 0) is 16.8 Å². The van der Waals surface area contributed by atoms with Crippen molar-refractivity contribution in [3.05, 3.63) is 47.7 Å². The van der Waals surface area contributed by atoms with Crippen molar-refractivity contribution in [3.8, 4) is 11.3 Å². The molecule has 2 aromatic rings. The van der Waals surface area contributed by atoms with E-state index in [-0.39, 0.29) is 11.3 Å². The van der Waals surface area contributed by atoms with Gasteiger partial charge in [-0.05, 0) is 35.4 Å². The lowest BCUT2D eigenvalue weighted by Gasteiger charge is -2.34. The van der Waals surface area contributed by atoms with Gasteiger partial charge in [0.15, 0.2) is 0 Å². The standard InChI is InChI=1S/C22H29NO3/c1-15-11-17(21(24)25)13-23(12-15)14-19-9-10-20(26-19)16-5-7-18(8-6-16)22(2,3)4/h5-10,15,17H,11-14H2,1-4H3,(H,24,25). The van der Waals surface area contributed by atoms with Crippen LogP contribution in [0.2, 0.25) is 0 Å². The molecule has 26 heavy (non-hydrogen) atoms. The predicted octanol–water partition coefficient (Wildman–Crippen LogP) is 4.79. The molecule has 1 aliphatic rings. The average Bonchev–Trinajstić information content (AvgIpc) is 3.02. The van der Waals surface area contributed by atoms with E-state index in [0.717, 1.165) is 30.0 Å². The average molecular weight is 355 g/mol. The molecule has 1 aromatic heterocycles. The van der Waals surface area contributed by atoms with Crippen molar-refractivity contribution < 1.29 is 14.3 Å². The summed E-state index contributed by atoms with van der Waals surface area (Å²) in [7, 11) is 0. The number of carbonyl (C=O) groups is 1. The van der Waals surface area contributed by atoms with Crippen LogP contribution in [-0.4, -0.2) is 29.1 Å². The molecule has 1 saturated heterocycles. The maximum Gasteiger partial charge on any atom is 0.307 e. The van der Waals surface area contributed by atoms with E-state index >= 15 is 0 Å². The van der Waals surface area contributed by atoms with Crippen molar-refractivity contribution in [3.63, 3.8) is 0 Å². The number of benzene rings is 1. The number of carboxylic acid groups (broad SMARTS) is 1. The van der Waals surface area contributed by atoms with Gasteiger partial charge < -0.3 is 9.52 Å². The second-order valence-electron chi connectivity index (χ2n) is 8.66. The summed E-state index contributed by atoms with van der Waals surface area (Å²) in [6, 6.07) is 12.5. The zero-order valence-electron chi connectivity index (χ0n) is 16.2. The first-order valence-electron chi connectivity index (χ1n) is 9.37. The zero-order valence-corrected chi connectivity index (χ0v) is 16.2. The fourth-order valence-electron chi connectivity index (χ4n) is 3.74. The number of nitrogens with zero attached hydrogens (tertiary/aromatic N) is 1. The first kappa shape index (κ1) is 18.7. The number of rotatable bonds is 4. The third-order valence-electron chi connectivity index (χ3n) is 5.16. The van der Waals surface area contributed by atoms with E-state index in [1.165, 1.54) is 5.56 Å². The molecular weight excluding hydrogens is 326 g/mol. The largest absolute Gasteiger partial charge is 0.481 e. The van der Waals surface area contributed by atoms with E-state index in [4.69, 9.17) is 4.42 Å². The van der Waals surface area contributed by atoms with Gasteiger partial charge in [0.2, 0.25) is 0 Å². The number of carboxylic acids is 1. The summed E-state index contributed by atoms with van der Waals surface area (Å²) >= 11 is 0. The van der Waals surface area contributed by atoms with Crippen LogP contribution in [0.1, 0.15) is 45.4 Å². The van der Waals surface area contributed by atoms with Gasteiger partial charge >= 0.3 is 5.97 Å². The van der Waals surface area contributed by atoms with E-state index in [1.54, 1.807) is 0 Å². The van der Waals surface area contributed by atoms with Crippen LogP contribution in [0.25, 0.3) is 11.3 Å². The number of piperidine rings is 1. The lowest BCUT2D eigenvalue weighted by molar-refractivity contribution is -0.144. The third-order valence-corrected chi connectivity index (χ3v) is 5.16. The molecule has 140 valence electrons. The molecule has 4 heteroatoms. The van der Waals surface area contributed by atoms with Crippen molar-refractivity contribution in [2.24, 2.45) is 11.8 Å². The molecular formula is C22H29NO3. The number of hydrogen-bond acceptors (Lipinski definition) is 3. The van der Waals surface area contributed by atoms with Gasteiger partial charge in [0.25, 0.3) is 0 Å². The monoisotopic (exact) mass is 355 g/mol. The van der Waals surface area contributed by atoms with Crippen LogP contribution in [0, 0.1) is 11.8 Å². The summed E-state index contributed by atoms with van der Waals surface area (Å²) in [5.41, 5.74) is 2.51. The zero-order chi connectivity index (χ0) is 18.9. The van der Waals surface area contributed by atoms with Gasteiger partial charge in [-0.1, -0.05) is 52.0 Å². The predicted molar refractivity (Wildman–Crippen MR) is 103 cm³/mol. The Balaban J connectivity index is 1.69. The Kier molecular flexibility index (Phi) is 5.24. The normalized spacial score (nSPS) is 21.7. The first-order valence-corrected chi connectivity index (χ1v) is 9.37. The Labute approximate surface area is 155 Å². The smallest absolute Gasteiger partial charge is 0.307 e. The van der Waals surface area contributed by atoms with Crippen molar-refractivity contribution in [1.29, 1.82) is 0 Å². The lowest BCUT2D eigenvalue weighted by atomic mass is 9.86. The molecule has 0 aliphatic carbocycles. The molecule has 0 spiro atoms. The minimum absolute atomic E-state index is 0.137. The summed E-state index contributed by atoms with van der Waals surface area (Å²) in [6.45, 7) is 10.9. The van der Waals surface area contributed by atoms with Crippen LogP contribution in [0.4, 0.5) is 0 Å². The van der Waals surface area contributed by atoms with E-state index < -0.39 is 5.97 Å². The molecule has 1 fully saturated rings. The number of likely N-dealkylation sites (tertiary alicyclic amines) is 1. The Bertz CT molecular complexity index is 754. The van der Waals surface area contributed by atoms with Gasteiger partial charge in [-0.25, -0.2) is 0 Å². The van der Waals surface area contributed by atoms with Crippen LogP contribution in [0.3, 0.4) is 0 Å². The first-order chi connectivity index (χ1) is 12.2. The van der Waals surface area contributed by atoms with Gasteiger partial charge in [0.1, 0.15) is 11.5 Å². The molecule has 1 aromatic carbocycles. The molecule has 1 N–H and O–H groups in total. The Hall–Kier alpha value is -2.07. The minimum atomic E-state index is -0.694. The fraction of sp³-hybridized carbons (Fsp3) is 0.500. The topological polar surface area (TPSA) is 53.7 Å². The maximum absolute atomic E-state index is 11.3. The number of hydrogen-bond donors (Lipinski definition) is 1. The summed E-state index contributed by atoms with van der Waals surface area (Å²) in [5, 5.41) is 9.32. The highest BCUT2D eigenvalue weighted by atomic mass is 16.4. The third kappa shape index (κ3) is 4.36. The Morgan fingerprint density at radius 3 is 2.46 bits per heavy atom. The molecule has 2 unspecified atom stereocenters. The van der Waals surface area contributed by atoms with Crippen molar-refractivity contribution in [1.82, 2.24) is 4.90 Å². The summed E-state index contributed by atoms with van der Waals surface area (Å²) in [4.78, 5) is 13.5. The Morgan fingerprint density at radius 1 is 1.15 bits per heavy atom. The second-order valence-corrected chi connectivity index (χ2v) is 8.66. The van der Waals surface area contributed by atoms with Gasteiger partial charge in [-0.3, -0.25) is 9.69 Å². The van der Waals surface area contributed by atoms with Crippen LogP contribution < -0.4 is 0 Å². The molecule has 0 amide bonds. The van der Waals surface area contributed by atoms with Crippen LogP contribution >= 0.6 is 0 Å². The molecule has 4 nitrogen and oxygen atoms in total. The Morgan fingerprint density at radius 2 is 1.85 bits per heavy atom. The summed E-state index contributed by atoms with van der Waals surface area (Å²) in [6.07, 6.45) is 0.759. The molecule has 0 radical (unpaired) electrons. The van der Waals surface area contributed by atoms with Crippen molar-refractivity contribution >= 4 is 5.97 Å².